The highest BCUT2D eigenvalue weighted by molar-refractivity contribution is 6.23. The molecule has 2 aromatic carbocycles. The van der Waals surface area contributed by atoms with Crippen LogP contribution in [0.5, 0.6) is 11.5 Å². The zero-order chi connectivity index (χ0) is 22.4. The molecule has 1 fully saturated rings. The zero-order valence-electron chi connectivity index (χ0n) is 18.2. The summed E-state index contributed by atoms with van der Waals surface area (Å²) in [5, 5.41) is 0. The molecule has 3 amide bonds. The number of ether oxygens (including phenoxy) is 2. The number of hydrogen-bond donors (Lipinski definition) is 0. The largest absolute Gasteiger partial charge is 0.497 e. The van der Waals surface area contributed by atoms with Gasteiger partial charge in [-0.05, 0) is 55.3 Å². The van der Waals surface area contributed by atoms with E-state index in [2.05, 4.69) is 0 Å². The lowest BCUT2D eigenvalue weighted by atomic mass is 10.1. The van der Waals surface area contributed by atoms with Crippen molar-refractivity contribution in [2.75, 3.05) is 25.2 Å². The molecule has 31 heavy (non-hydrogen) atoms. The molecule has 0 spiro atoms. The van der Waals surface area contributed by atoms with Crippen LogP contribution in [0.1, 0.15) is 32.3 Å². The van der Waals surface area contributed by atoms with Gasteiger partial charge in [-0.1, -0.05) is 19.1 Å². The first-order valence-electron chi connectivity index (χ1n) is 10.5. The fraction of sp³-hybridized carbons (Fsp3) is 0.375. The number of hydrogen-bond acceptors (Lipinski definition) is 5. The van der Waals surface area contributed by atoms with E-state index in [1.165, 1.54) is 4.90 Å². The van der Waals surface area contributed by atoms with E-state index in [4.69, 9.17) is 9.47 Å². The van der Waals surface area contributed by atoms with E-state index in [0.717, 1.165) is 11.3 Å². The molecular formula is C24H28N2O5. The monoisotopic (exact) mass is 424 g/mol. The highest BCUT2D eigenvalue weighted by Gasteiger charge is 2.43. The van der Waals surface area contributed by atoms with E-state index >= 15 is 0 Å². The molecule has 0 radical (unpaired) electrons. The van der Waals surface area contributed by atoms with Gasteiger partial charge >= 0.3 is 0 Å². The Kier molecular flexibility index (Phi) is 7.28. The Morgan fingerprint density at radius 1 is 1.03 bits per heavy atom. The van der Waals surface area contributed by atoms with Crippen molar-refractivity contribution in [3.63, 3.8) is 0 Å². The van der Waals surface area contributed by atoms with Gasteiger partial charge in [0.05, 0.1) is 25.8 Å². The van der Waals surface area contributed by atoms with Gasteiger partial charge in [0.1, 0.15) is 17.5 Å². The Hall–Kier alpha value is -3.35. The molecule has 1 aliphatic rings. The lowest BCUT2D eigenvalue weighted by molar-refractivity contribution is -0.138. The van der Waals surface area contributed by atoms with Crippen LogP contribution in [0, 0.1) is 0 Å². The molecule has 1 atom stereocenters. The van der Waals surface area contributed by atoms with Crippen molar-refractivity contribution < 1.29 is 23.9 Å². The maximum Gasteiger partial charge on any atom is 0.257 e. The average Bonchev–Trinajstić information content (AvgIpc) is 3.08. The summed E-state index contributed by atoms with van der Waals surface area (Å²) in [5.41, 5.74) is 1.51. The lowest BCUT2D eigenvalue weighted by Crippen LogP contribution is -2.46. The molecule has 0 aliphatic carbocycles. The Morgan fingerprint density at radius 3 is 2.26 bits per heavy atom. The van der Waals surface area contributed by atoms with E-state index < -0.39 is 6.04 Å². The van der Waals surface area contributed by atoms with Crippen molar-refractivity contribution in [1.29, 1.82) is 0 Å². The molecule has 0 bridgehead atoms. The lowest BCUT2D eigenvalue weighted by Gasteiger charge is -2.27. The molecule has 1 saturated heterocycles. The number of imide groups is 1. The number of anilines is 1. The van der Waals surface area contributed by atoms with Crippen LogP contribution in [0.25, 0.3) is 0 Å². The molecule has 1 heterocycles. The van der Waals surface area contributed by atoms with Crippen LogP contribution in [-0.4, -0.2) is 48.9 Å². The smallest absolute Gasteiger partial charge is 0.257 e. The first-order chi connectivity index (χ1) is 15.0. The molecule has 0 N–H and O–H groups in total. The summed E-state index contributed by atoms with van der Waals surface area (Å²) in [7, 11) is 1.61. The molecule has 0 aromatic heterocycles. The van der Waals surface area contributed by atoms with Gasteiger partial charge < -0.3 is 14.4 Å². The number of benzene rings is 2. The predicted octanol–water partition coefficient (Wildman–Crippen LogP) is 3.21. The van der Waals surface area contributed by atoms with Gasteiger partial charge in [0.15, 0.2) is 0 Å². The van der Waals surface area contributed by atoms with Crippen molar-refractivity contribution >= 4 is 23.4 Å². The van der Waals surface area contributed by atoms with Crippen molar-refractivity contribution in [1.82, 2.24) is 4.90 Å². The van der Waals surface area contributed by atoms with E-state index in [1.54, 1.807) is 43.2 Å². The highest BCUT2D eigenvalue weighted by atomic mass is 16.5. The molecule has 2 aromatic rings. The van der Waals surface area contributed by atoms with Gasteiger partial charge in [0, 0.05) is 13.0 Å². The van der Waals surface area contributed by atoms with Gasteiger partial charge in [0.2, 0.25) is 11.8 Å². The molecule has 0 saturated carbocycles. The minimum Gasteiger partial charge on any atom is -0.497 e. The summed E-state index contributed by atoms with van der Waals surface area (Å²) in [6.07, 6.45) is 0.834. The first kappa shape index (κ1) is 22.3. The summed E-state index contributed by atoms with van der Waals surface area (Å²) in [4.78, 5) is 41.2. The number of carbonyl (C=O) groups excluding carboxylic acids is 3. The predicted molar refractivity (Wildman–Crippen MR) is 117 cm³/mol. The fourth-order valence-corrected chi connectivity index (χ4v) is 3.69. The fourth-order valence-electron chi connectivity index (χ4n) is 3.69. The summed E-state index contributed by atoms with van der Waals surface area (Å²) in [6, 6.07) is 13.6. The van der Waals surface area contributed by atoms with Crippen molar-refractivity contribution in [3.8, 4) is 11.5 Å². The minimum absolute atomic E-state index is 0.0135. The molecular weight excluding hydrogens is 396 g/mol. The van der Waals surface area contributed by atoms with Gasteiger partial charge in [0.25, 0.3) is 5.91 Å². The number of nitrogens with zero attached hydrogens (tertiary/aromatic N) is 2. The Labute approximate surface area is 182 Å². The van der Waals surface area contributed by atoms with Crippen molar-refractivity contribution in [3.05, 3.63) is 54.1 Å². The van der Waals surface area contributed by atoms with E-state index in [0.29, 0.717) is 31.0 Å². The quantitative estimate of drug-likeness (QED) is 0.578. The molecule has 7 heteroatoms. The minimum atomic E-state index is -0.787. The number of carbonyl (C=O) groups is 3. The second-order valence-electron chi connectivity index (χ2n) is 7.25. The Morgan fingerprint density at radius 2 is 1.68 bits per heavy atom. The summed E-state index contributed by atoms with van der Waals surface area (Å²) < 4.78 is 10.6. The van der Waals surface area contributed by atoms with Crippen LogP contribution in [0.15, 0.2) is 48.5 Å². The summed E-state index contributed by atoms with van der Waals surface area (Å²) in [6.45, 7) is 4.54. The Bertz CT molecular complexity index is 924. The number of rotatable bonds is 9. The van der Waals surface area contributed by atoms with Crippen LogP contribution in [0.3, 0.4) is 0 Å². The SMILES string of the molecule is CCOc1ccc(N2C(=O)C[C@@H](N(CCc3ccc(OC)cc3)C(=O)CC)C2=O)cc1. The maximum atomic E-state index is 13.1. The van der Waals surface area contributed by atoms with Crippen molar-refractivity contribution in [2.45, 2.75) is 39.2 Å². The third kappa shape index (κ3) is 5.05. The molecule has 1 aliphatic heterocycles. The van der Waals surface area contributed by atoms with Crippen LogP contribution in [0.4, 0.5) is 5.69 Å². The molecule has 3 rings (SSSR count). The van der Waals surface area contributed by atoms with E-state index in [1.807, 2.05) is 31.2 Å². The third-order valence-electron chi connectivity index (χ3n) is 5.33. The van der Waals surface area contributed by atoms with E-state index in [-0.39, 0.29) is 30.6 Å². The molecule has 0 unspecified atom stereocenters. The number of amides is 3. The maximum absolute atomic E-state index is 13.1. The normalized spacial score (nSPS) is 15.8. The van der Waals surface area contributed by atoms with Crippen LogP contribution >= 0.6 is 0 Å². The highest BCUT2D eigenvalue weighted by Crippen LogP contribution is 2.28. The zero-order valence-corrected chi connectivity index (χ0v) is 18.2. The molecule has 164 valence electrons. The van der Waals surface area contributed by atoms with E-state index in [9.17, 15) is 14.4 Å². The standard InChI is InChI=1S/C24H28N2O5/c1-4-22(27)25(15-14-17-6-10-19(30-3)11-7-17)21-16-23(28)26(24(21)29)18-8-12-20(13-9-18)31-5-2/h6-13,21H,4-5,14-16H2,1-3H3/t21-/m1/s1. The summed E-state index contributed by atoms with van der Waals surface area (Å²) in [5.74, 6) is 0.605. The van der Waals surface area contributed by atoms with Crippen LogP contribution in [-0.2, 0) is 20.8 Å². The second-order valence-corrected chi connectivity index (χ2v) is 7.25. The van der Waals surface area contributed by atoms with Gasteiger partial charge in [-0.2, -0.15) is 0 Å². The Balaban J connectivity index is 1.75. The van der Waals surface area contributed by atoms with Crippen LogP contribution < -0.4 is 14.4 Å². The topological polar surface area (TPSA) is 76.2 Å². The number of methoxy groups -OCH3 is 1. The van der Waals surface area contributed by atoms with Crippen molar-refractivity contribution in [2.24, 2.45) is 0 Å². The van der Waals surface area contributed by atoms with Gasteiger partial charge in [-0.25, -0.2) is 4.90 Å². The molecule has 7 nitrogen and oxygen atoms in total. The van der Waals surface area contributed by atoms with Crippen LogP contribution in [0.2, 0.25) is 0 Å². The average molecular weight is 424 g/mol. The first-order valence-corrected chi connectivity index (χ1v) is 10.5. The third-order valence-corrected chi connectivity index (χ3v) is 5.33. The van der Waals surface area contributed by atoms with Gasteiger partial charge in [-0.15, -0.1) is 0 Å². The second kappa shape index (κ2) is 10.1. The summed E-state index contributed by atoms with van der Waals surface area (Å²) >= 11 is 0. The van der Waals surface area contributed by atoms with Gasteiger partial charge in [-0.3, -0.25) is 14.4 Å².